The quantitative estimate of drug-likeness (QED) is 0.884. The van der Waals surface area contributed by atoms with Gasteiger partial charge < -0.3 is 10.6 Å². The molecule has 1 aliphatic heterocycles. The van der Waals surface area contributed by atoms with Crippen LogP contribution < -0.4 is 5.73 Å². The molecule has 2 aromatic rings. The molecule has 0 radical (unpaired) electrons. The van der Waals surface area contributed by atoms with Gasteiger partial charge in [0, 0.05) is 30.3 Å². The molecule has 124 valence electrons. The molecule has 24 heavy (non-hydrogen) atoms. The predicted octanol–water partition coefficient (Wildman–Crippen LogP) is 2.71. The van der Waals surface area contributed by atoms with Gasteiger partial charge in [-0.3, -0.25) is 9.59 Å². The average molecular weight is 322 g/mol. The van der Waals surface area contributed by atoms with Gasteiger partial charge in [-0.2, -0.15) is 0 Å². The molecular formula is C20H22N2O2. The summed E-state index contributed by atoms with van der Waals surface area (Å²) in [7, 11) is 0. The molecule has 1 amide bonds. The molecule has 0 aromatic heterocycles. The topological polar surface area (TPSA) is 63.4 Å². The third-order valence-electron chi connectivity index (χ3n) is 4.68. The molecule has 0 spiro atoms. The highest BCUT2D eigenvalue weighted by molar-refractivity contribution is 6.15. The number of nitrogens with two attached hydrogens (primary N) is 1. The number of carbonyl (C=O) groups is 2. The van der Waals surface area contributed by atoms with Crippen molar-refractivity contribution in [1.82, 2.24) is 4.90 Å². The summed E-state index contributed by atoms with van der Waals surface area (Å²) in [5.41, 5.74) is 9.62. The van der Waals surface area contributed by atoms with E-state index in [1.54, 1.807) is 29.2 Å². The molecule has 1 aliphatic rings. The van der Waals surface area contributed by atoms with Crippen molar-refractivity contribution in [1.29, 1.82) is 0 Å². The summed E-state index contributed by atoms with van der Waals surface area (Å²) >= 11 is 0. The number of benzene rings is 2. The second-order valence-corrected chi connectivity index (χ2v) is 6.47. The normalized spacial score (nSPS) is 17.1. The molecule has 0 bridgehead atoms. The van der Waals surface area contributed by atoms with Crippen molar-refractivity contribution in [3.05, 3.63) is 70.3 Å². The van der Waals surface area contributed by atoms with Crippen LogP contribution in [0.5, 0.6) is 0 Å². The van der Waals surface area contributed by atoms with Crippen molar-refractivity contribution in [2.75, 3.05) is 13.1 Å². The SMILES string of the molecule is Cc1ccc(C(=O)c2ccccc2C(=O)N2CC[C@@H](N)C2)cc1C. The second kappa shape index (κ2) is 6.57. The van der Waals surface area contributed by atoms with Crippen LogP contribution in [0.4, 0.5) is 0 Å². The summed E-state index contributed by atoms with van der Waals surface area (Å²) in [4.78, 5) is 27.4. The van der Waals surface area contributed by atoms with E-state index in [9.17, 15) is 9.59 Å². The number of aryl methyl sites for hydroxylation is 2. The number of carbonyl (C=O) groups excluding carboxylic acids is 2. The fourth-order valence-corrected chi connectivity index (χ4v) is 3.05. The Bertz CT molecular complexity index is 798. The van der Waals surface area contributed by atoms with Crippen molar-refractivity contribution in [3.8, 4) is 0 Å². The highest BCUT2D eigenvalue weighted by Gasteiger charge is 2.27. The highest BCUT2D eigenvalue weighted by Crippen LogP contribution is 2.20. The molecule has 2 aromatic carbocycles. The molecular weight excluding hydrogens is 300 g/mol. The average Bonchev–Trinajstić information content (AvgIpc) is 3.02. The van der Waals surface area contributed by atoms with Crippen molar-refractivity contribution in [2.24, 2.45) is 5.73 Å². The minimum atomic E-state index is -0.120. The van der Waals surface area contributed by atoms with Gasteiger partial charge in [0.15, 0.2) is 5.78 Å². The Kier molecular flexibility index (Phi) is 4.49. The van der Waals surface area contributed by atoms with Crippen LogP contribution in [0.1, 0.15) is 43.8 Å². The fourth-order valence-electron chi connectivity index (χ4n) is 3.05. The molecule has 1 heterocycles. The van der Waals surface area contributed by atoms with Crippen LogP contribution >= 0.6 is 0 Å². The van der Waals surface area contributed by atoms with E-state index in [-0.39, 0.29) is 17.7 Å². The van der Waals surface area contributed by atoms with E-state index < -0.39 is 0 Å². The molecule has 0 saturated carbocycles. The zero-order valence-corrected chi connectivity index (χ0v) is 14.1. The van der Waals surface area contributed by atoms with E-state index in [1.165, 1.54) is 0 Å². The third-order valence-corrected chi connectivity index (χ3v) is 4.68. The van der Waals surface area contributed by atoms with E-state index >= 15 is 0 Å². The Morgan fingerprint density at radius 1 is 1.04 bits per heavy atom. The summed E-state index contributed by atoms with van der Waals surface area (Å²) in [6.45, 7) is 5.18. The number of rotatable bonds is 3. The Hall–Kier alpha value is -2.46. The summed E-state index contributed by atoms with van der Waals surface area (Å²) in [6, 6.07) is 12.7. The number of hydrogen-bond acceptors (Lipinski definition) is 3. The lowest BCUT2D eigenvalue weighted by Gasteiger charge is -2.18. The molecule has 3 rings (SSSR count). The van der Waals surface area contributed by atoms with Crippen LogP contribution in [-0.2, 0) is 0 Å². The van der Waals surface area contributed by atoms with Gasteiger partial charge >= 0.3 is 0 Å². The number of hydrogen-bond donors (Lipinski definition) is 1. The van der Waals surface area contributed by atoms with Gasteiger partial charge in [0.25, 0.3) is 5.91 Å². The third kappa shape index (κ3) is 3.10. The standard InChI is InChI=1S/C20H22N2O2/c1-13-7-8-15(11-14(13)2)19(23)17-5-3-4-6-18(17)20(24)22-10-9-16(21)12-22/h3-8,11,16H,9-10,12,21H2,1-2H3/t16-/m1/s1. The lowest BCUT2D eigenvalue weighted by atomic mass is 9.95. The molecule has 4 nitrogen and oxygen atoms in total. The van der Waals surface area contributed by atoms with Crippen LogP contribution in [0.25, 0.3) is 0 Å². The number of likely N-dealkylation sites (tertiary alicyclic amines) is 1. The number of nitrogens with zero attached hydrogens (tertiary/aromatic N) is 1. The molecule has 0 aliphatic carbocycles. The summed E-state index contributed by atoms with van der Waals surface area (Å²) in [5.74, 6) is -0.235. The Labute approximate surface area is 142 Å². The molecule has 0 unspecified atom stereocenters. The number of amides is 1. The molecule has 1 saturated heterocycles. The lowest BCUT2D eigenvalue weighted by molar-refractivity contribution is 0.0786. The molecule has 1 atom stereocenters. The summed E-state index contributed by atoms with van der Waals surface area (Å²) < 4.78 is 0. The van der Waals surface area contributed by atoms with Crippen molar-refractivity contribution in [3.63, 3.8) is 0 Å². The first-order valence-corrected chi connectivity index (χ1v) is 8.23. The summed E-state index contributed by atoms with van der Waals surface area (Å²) in [6.07, 6.45) is 0.805. The first-order chi connectivity index (χ1) is 11.5. The van der Waals surface area contributed by atoms with E-state index in [0.29, 0.717) is 29.8 Å². The van der Waals surface area contributed by atoms with Gasteiger partial charge in [-0.15, -0.1) is 0 Å². The maximum atomic E-state index is 12.9. The minimum Gasteiger partial charge on any atom is -0.337 e. The maximum Gasteiger partial charge on any atom is 0.254 e. The minimum absolute atomic E-state index is 0.0246. The van der Waals surface area contributed by atoms with Crippen LogP contribution in [0.15, 0.2) is 42.5 Å². The van der Waals surface area contributed by atoms with Gasteiger partial charge in [-0.05, 0) is 43.5 Å². The molecule has 2 N–H and O–H groups in total. The van der Waals surface area contributed by atoms with Gasteiger partial charge in [-0.25, -0.2) is 0 Å². The Morgan fingerprint density at radius 3 is 2.38 bits per heavy atom. The van der Waals surface area contributed by atoms with Gasteiger partial charge in [0.05, 0.1) is 5.56 Å². The van der Waals surface area contributed by atoms with Crippen molar-refractivity contribution in [2.45, 2.75) is 26.3 Å². The van der Waals surface area contributed by atoms with Crippen LogP contribution in [0.3, 0.4) is 0 Å². The van der Waals surface area contributed by atoms with Gasteiger partial charge in [0.2, 0.25) is 0 Å². The van der Waals surface area contributed by atoms with E-state index in [1.807, 2.05) is 32.0 Å². The van der Waals surface area contributed by atoms with E-state index in [4.69, 9.17) is 5.73 Å². The van der Waals surface area contributed by atoms with E-state index in [0.717, 1.165) is 17.5 Å². The summed E-state index contributed by atoms with van der Waals surface area (Å²) in [5, 5.41) is 0. The molecule has 4 heteroatoms. The second-order valence-electron chi connectivity index (χ2n) is 6.47. The largest absolute Gasteiger partial charge is 0.337 e. The maximum absolute atomic E-state index is 12.9. The Balaban J connectivity index is 1.95. The first kappa shape index (κ1) is 16.4. The van der Waals surface area contributed by atoms with Crippen molar-refractivity contribution >= 4 is 11.7 Å². The zero-order chi connectivity index (χ0) is 17.3. The first-order valence-electron chi connectivity index (χ1n) is 8.23. The van der Waals surface area contributed by atoms with Crippen LogP contribution in [-0.4, -0.2) is 35.7 Å². The Morgan fingerprint density at radius 2 is 1.75 bits per heavy atom. The van der Waals surface area contributed by atoms with Crippen LogP contribution in [0, 0.1) is 13.8 Å². The van der Waals surface area contributed by atoms with Gasteiger partial charge in [0.1, 0.15) is 0 Å². The predicted molar refractivity (Wildman–Crippen MR) is 94.3 cm³/mol. The van der Waals surface area contributed by atoms with Crippen LogP contribution in [0.2, 0.25) is 0 Å². The number of ketones is 1. The van der Waals surface area contributed by atoms with Crippen molar-refractivity contribution < 1.29 is 9.59 Å². The van der Waals surface area contributed by atoms with Gasteiger partial charge in [-0.1, -0.05) is 30.3 Å². The highest BCUT2D eigenvalue weighted by atomic mass is 16.2. The van der Waals surface area contributed by atoms with E-state index in [2.05, 4.69) is 0 Å². The lowest BCUT2D eigenvalue weighted by Crippen LogP contribution is -2.32. The molecule has 1 fully saturated rings. The fraction of sp³-hybridized carbons (Fsp3) is 0.300. The zero-order valence-electron chi connectivity index (χ0n) is 14.1. The monoisotopic (exact) mass is 322 g/mol. The smallest absolute Gasteiger partial charge is 0.254 e.